The van der Waals surface area contributed by atoms with Crippen molar-refractivity contribution in [3.8, 4) is 5.75 Å². The van der Waals surface area contributed by atoms with Crippen molar-refractivity contribution < 1.29 is 44.9 Å². The van der Waals surface area contributed by atoms with Crippen LogP contribution in [-0.4, -0.2) is 61.9 Å². The lowest BCUT2D eigenvalue weighted by Gasteiger charge is -2.14. The fourth-order valence-corrected chi connectivity index (χ4v) is 2.82. The van der Waals surface area contributed by atoms with Crippen molar-refractivity contribution in [2.45, 2.75) is 63.2 Å². The molecule has 30 heavy (non-hydrogen) atoms. The molecule has 0 saturated heterocycles. The largest absolute Gasteiger partial charge is 0.870 e. The highest BCUT2D eigenvalue weighted by Crippen LogP contribution is 2.22. The van der Waals surface area contributed by atoms with Crippen LogP contribution in [0.5, 0.6) is 5.75 Å². The summed E-state index contributed by atoms with van der Waals surface area (Å²) in [6.07, 6.45) is 4.80. The summed E-state index contributed by atoms with van der Waals surface area (Å²) in [5.41, 5.74) is 17.5. The van der Waals surface area contributed by atoms with Crippen molar-refractivity contribution in [3.05, 3.63) is 23.5 Å². The minimum Gasteiger partial charge on any atom is -0.870 e. The predicted molar refractivity (Wildman–Crippen MR) is 103 cm³/mol. The van der Waals surface area contributed by atoms with E-state index in [1.165, 1.54) is 6.20 Å². The van der Waals surface area contributed by atoms with Crippen molar-refractivity contribution in [2.24, 2.45) is 17.2 Å². The molecule has 0 aliphatic carbocycles. The van der Waals surface area contributed by atoms with Crippen molar-refractivity contribution >= 4 is 17.9 Å². The Kier molecular flexibility index (Phi) is 11.5. The lowest BCUT2D eigenvalue weighted by molar-refractivity contribution is -0.698. The average Bonchev–Trinajstić information content (AvgIpc) is 2.64. The number of aryl methyl sites for hydroxylation is 2. The van der Waals surface area contributed by atoms with E-state index >= 15 is 0 Å². The van der Waals surface area contributed by atoms with Crippen molar-refractivity contribution in [2.75, 3.05) is 0 Å². The number of carboxylic acids is 3. The number of aliphatic carboxylic acids is 3. The lowest BCUT2D eigenvalue weighted by Crippen LogP contribution is -2.37. The number of aromatic hydroxyl groups is 1. The van der Waals surface area contributed by atoms with Gasteiger partial charge in [0.2, 0.25) is 6.20 Å². The molecule has 0 spiro atoms. The molecular weight excluding hydrogens is 400 g/mol. The highest BCUT2D eigenvalue weighted by atomic mass is 16.4. The fourth-order valence-electron chi connectivity index (χ4n) is 2.82. The molecule has 0 fully saturated rings. The smallest absolute Gasteiger partial charge is 0.320 e. The summed E-state index contributed by atoms with van der Waals surface area (Å²) in [5, 5.41) is 37.2. The van der Waals surface area contributed by atoms with Gasteiger partial charge in [-0.15, -0.1) is 0 Å². The van der Waals surface area contributed by atoms with Gasteiger partial charge in [0.05, 0.1) is 0 Å². The van der Waals surface area contributed by atoms with E-state index in [0.29, 0.717) is 36.9 Å². The van der Waals surface area contributed by atoms with Gasteiger partial charge < -0.3 is 43.1 Å². The summed E-state index contributed by atoms with van der Waals surface area (Å²) >= 11 is 0. The van der Waals surface area contributed by atoms with Crippen LogP contribution in [0.25, 0.3) is 0 Å². The molecule has 1 aromatic heterocycles. The van der Waals surface area contributed by atoms with Crippen LogP contribution < -0.4 is 21.8 Å². The Hall–Kier alpha value is -2.80. The number of nitrogens with zero attached hydrogens (tertiary/aromatic N) is 1. The minimum absolute atomic E-state index is 0. The molecule has 12 heteroatoms. The van der Waals surface area contributed by atoms with E-state index < -0.39 is 36.0 Å². The summed E-state index contributed by atoms with van der Waals surface area (Å²) in [6, 6.07) is -3.24. The molecule has 170 valence electrons. The summed E-state index contributed by atoms with van der Waals surface area (Å²) in [6.45, 7) is 0.461. The summed E-state index contributed by atoms with van der Waals surface area (Å²) in [5.74, 6) is -3.59. The Morgan fingerprint density at radius 3 is 1.93 bits per heavy atom. The SMILES string of the molecule is NC(CCCC[n+]1cc(O)c(CC(N)C(=O)O)c(CCC(N)C(=O)O)c1)C(=O)O.[OH-]. The third-order valence-corrected chi connectivity index (χ3v) is 4.59. The number of carbonyl (C=O) groups is 3. The van der Waals surface area contributed by atoms with E-state index in [1.54, 1.807) is 10.8 Å². The second kappa shape index (κ2) is 12.7. The van der Waals surface area contributed by atoms with E-state index in [0.717, 1.165) is 0 Å². The number of rotatable bonds is 13. The number of nitrogens with two attached hydrogens (primary N) is 3. The zero-order valence-corrected chi connectivity index (χ0v) is 16.5. The Bertz CT molecular complexity index is 743. The van der Waals surface area contributed by atoms with Crippen LogP contribution >= 0.6 is 0 Å². The Morgan fingerprint density at radius 2 is 1.40 bits per heavy atom. The molecule has 3 unspecified atom stereocenters. The molecule has 0 bridgehead atoms. The molecule has 12 nitrogen and oxygen atoms in total. The summed E-state index contributed by atoms with van der Waals surface area (Å²) < 4.78 is 1.68. The number of unbranched alkanes of at least 4 members (excludes halogenated alkanes) is 1. The predicted octanol–water partition coefficient (Wildman–Crippen LogP) is -1.62. The maximum atomic E-state index is 11.1. The number of hydrogen-bond acceptors (Lipinski definition) is 8. The Morgan fingerprint density at radius 1 is 0.867 bits per heavy atom. The van der Waals surface area contributed by atoms with Crippen LogP contribution in [0, 0.1) is 0 Å². The first-order valence-electron chi connectivity index (χ1n) is 9.21. The van der Waals surface area contributed by atoms with Crippen molar-refractivity contribution in [3.63, 3.8) is 0 Å². The van der Waals surface area contributed by atoms with Gasteiger partial charge in [-0.3, -0.25) is 14.4 Å². The molecule has 0 aliphatic heterocycles. The first-order valence-corrected chi connectivity index (χ1v) is 9.21. The number of hydrogen-bond donors (Lipinski definition) is 7. The van der Waals surface area contributed by atoms with Gasteiger partial charge in [0.15, 0.2) is 11.9 Å². The zero-order valence-electron chi connectivity index (χ0n) is 16.5. The second-order valence-electron chi connectivity index (χ2n) is 6.96. The van der Waals surface area contributed by atoms with Gasteiger partial charge in [-0.25, -0.2) is 4.57 Å². The Labute approximate surface area is 173 Å². The maximum Gasteiger partial charge on any atom is 0.320 e. The van der Waals surface area contributed by atoms with Gasteiger partial charge in [-0.05, 0) is 25.7 Å². The standard InChI is InChI=1S/C18H28N4O7.H2O/c19-12(16(24)25)3-1-2-6-22-8-10(4-5-13(20)17(26)27)11(15(23)9-22)7-14(21)18(28)29;/h8-9,12-14H,1-7,19-21H2,(H3-,23,24,25,26,27,28,29);1H2. The molecule has 1 heterocycles. The molecule has 0 radical (unpaired) electrons. The third kappa shape index (κ3) is 8.69. The van der Waals surface area contributed by atoms with Gasteiger partial charge in [0.1, 0.15) is 24.7 Å². The maximum absolute atomic E-state index is 11.1. The van der Waals surface area contributed by atoms with Crippen LogP contribution in [0.1, 0.15) is 36.8 Å². The molecule has 0 saturated carbocycles. The topological polar surface area (TPSA) is 244 Å². The van der Waals surface area contributed by atoms with Crippen molar-refractivity contribution in [1.29, 1.82) is 0 Å². The van der Waals surface area contributed by atoms with Crippen LogP contribution in [0.4, 0.5) is 0 Å². The van der Waals surface area contributed by atoms with Crippen LogP contribution in [0.2, 0.25) is 0 Å². The molecular formula is C18H30N4O8. The van der Waals surface area contributed by atoms with E-state index in [9.17, 15) is 19.5 Å². The van der Waals surface area contributed by atoms with E-state index in [-0.39, 0.29) is 30.5 Å². The molecule has 0 aromatic carbocycles. The first kappa shape index (κ1) is 27.2. The van der Waals surface area contributed by atoms with Crippen LogP contribution in [-0.2, 0) is 33.8 Å². The van der Waals surface area contributed by atoms with E-state index in [2.05, 4.69) is 0 Å². The van der Waals surface area contributed by atoms with Crippen LogP contribution in [0.15, 0.2) is 12.4 Å². The normalized spacial score (nSPS) is 13.7. The Balaban J connectivity index is 0.00000841. The summed E-state index contributed by atoms with van der Waals surface area (Å²) in [4.78, 5) is 32.8. The molecule has 0 amide bonds. The van der Waals surface area contributed by atoms with E-state index in [4.69, 9.17) is 32.5 Å². The molecule has 3 atom stereocenters. The molecule has 1 rings (SSSR count). The van der Waals surface area contributed by atoms with Crippen LogP contribution in [0.3, 0.4) is 0 Å². The van der Waals surface area contributed by atoms with Gasteiger partial charge >= 0.3 is 17.9 Å². The monoisotopic (exact) mass is 430 g/mol. The number of pyridine rings is 1. The van der Waals surface area contributed by atoms with Crippen molar-refractivity contribution in [1.82, 2.24) is 0 Å². The molecule has 0 aliphatic rings. The average molecular weight is 430 g/mol. The number of aromatic nitrogens is 1. The fraction of sp³-hybridized carbons (Fsp3) is 0.556. The lowest BCUT2D eigenvalue weighted by atomic mass is 9.96. The molecule has 1 aromatic rings. The molecule has 11 N–H and O–H groups in total. The zero-order chi connectivity index (χ0) is 22.1. The third-order valence-electron chi connectivity index (χ3n) is 4.59. The highest BCUT2D eigenvalue weighted by Gasteiger charge is 2.23. The van der Waals surface area contributed by atoms with Gasteiger partial charge in [-0.1, -0.05) is 0 Å². The first-order chi connectivity index (χ1) is 13.5. The van der Waals surface area contributed by atoms with E-state index in [1.807, 2.05) is 0 Å². The summed E-state index contributed by atoms with van der Waals surface area (Å²) in [7, 11) is 0. The van der Waals surface area contributed by atoms with Gasteiger partial charge in [-0.2, -0.15) is 0 Å². The van der Waals surface area contributed by atoms with Gasteiger partial charge in [0.25, 0.3) is 0 Å². The van der Waals surface area contributed by atoms with Gasteiger partial charge in [0, 0.05) is 24.0 Å². The number of carboxylic acid groups (broad SMARTS) is 3. The second-order valence-corrected chi connectivity index (χ2v) is 6.96. The quantitative estimate of drug-likeness (QED) is 0.138. The highest BCUT2D eigenvalue weighted by molar-refractivity contribution is 5.74. The minimum atomic E-state index is -1.22.